The van der Waals surface area contributed by atoms with Crippen LogP contribution in [0.25, 0.3) is 53.8 Å². The lowest BCUT2D eigenvalue weighted by atomic mass is 10.0. The minimum absolute atomic E-state index is 0.763. The Labute approximate surface area is 190 Å². The van der Waals surface area contributed by atoms with Crippen LogP contribution in [0.15, 0.2) is 97.3 Å². The van der Waals surface area contributed by atoms with Gasteiger partial charge in [0.2, 0.25) is 0 Å². The van der Waals surface area contributed by atoms with E-state index in [9.17, 15) is 0 Å². The maximum atomic E-state index is 4.76. The summed E-state index contributed by atoms with van der Waals surface area (Å²) in [5.41, 5.74) is 6.26. The smallest absolute Gasteiger partial charge is 0.126 e. The molecule has 0 saturated heterocycles. The SMILES string of the molecule is Cc1nc(-c2cccc(-c3cccnc3)c2)cc(-c2ccc3sc4ccccc4c3c2)n1. The number of rotatable bonds is 3. The summed E-state index contributed by atoms with van der Waals surface area (Å²) in [6.07, 6.45) is 3.68. The van der Waals surface area contributed by atoms with Gasteiger partial charge in [0.15, 0.2) is 0 Å². The highest BCUT2D eigenvalue weighted by atomic mass is 32.1. The van der Waals surface area contributed by atoms with Gasteiger partial charge in [0.25, 0.3) is 0 Å². The van der Waals surface area contributed by atoms with Gasteiger partial charge < -0.3 is 0 Å². The fourth-order valence-electron chi connectivity index (χ4n) is 4.14. The second-order valence-corrected chi connectivity index (χ2v) is 8.90. The van der Waals surface area contributed by atoms with Crippen LogP contribution in [-0.2, 0) is 0 Å². The molecule has 152 valence electrons. The van der Waals surface area contributed by atoms with E-state index < -0.39 is 0 Å². The number of aromatic nitrogens is 3. The highest BCUT2D eigenvalue weighted by molar-refractivity contribution is 7.25. The third kappa shape index (κ3) is 3.35. The zero-order chi connectivity index (χ0) is 21.5. The molecule has 32 heavy (non-hydrogen) atoms. The van der Waals surface area contributed by atoms with Crippen LogP contribution < -0.4 is 0 Å². The van der Waals surface area contributed by atoms with Crippen molar-refractivity contribution < 1.29 is 0 Å². The van der Waals surface area contributed by atoms with Crippen molar-refractivity contribution in [3.05, 3.63) is 103 Å². The first-order valence-corrected chi connectivity index (χ1v) is 11.3. The molecule has 0 radical (unpaired) electrons. The zero-order valence-electron chi connectivity index (χ0n) is 17.5. The molecule has 0 fully saturated rings. The van der Waals surface area contributed by atoms with Crippen molar-refractivity contribution in [2.24, 2.45) is 0 Å². The molecule has 6 aromatic rings. The summed E-state index contributed by atoms with van der Waals surface area (Å²) >= 11 is 1.83. The molecule has 6 rings (SSSR count). The van der Waals surface area contributed by atoms with E-state index in [2.05, 4.69) is 83.8 Å². The first kappa shape index (κ1) is 18.8. The van der Waals surface area contributed by atoms with E-state index in [1.54, 1.807) is 6.20 Å². The van der Waals surface area contributed by atoms with Gasteiger partial charge in [-0.15, -0.1) is 11.3 Å². The van der Waals surface area contributed by atoms with Crippen LogP contribution >= 0.6 is 11.3 Å². The maximum Gasteiger partial charge on any atom is 0.126 e. The predicted molar refractivity (Wildman–Crippen MR) is 134 cm³/mol. The lowest BCUT2D eigenvalue weighted by Gasteiger charge is -2.09. The van der Waals surface area contributed by atoms with Crippen molar-refractivity contribution in [3.8, 4) is 33.6 Å². The summed E-state index contributed by atoms with van der Waals surface area (Å²) in [4.78, 5) is 13.8. The third-order valence-corrected chi connectivity index (χ3v) is 6.82. The summed E-state index contributed by atoms with van der Waals surface area (Å²) in [5.74, 6) is 0.763. The summed E-state index contributed by atoms with van der Waals surface area (Å²) in [6, 6.07) is 29.7. The molecule has 0 saturated carbocycles. The van der Waals surface area contributed by atoms with E-state index in [1.807, 2.05) is 30.5 Å². The maximum absolute atomic E-state index is 4.76. The standard InChI is InChI=1S/C28H19N3S/c1-18-30-25(20-7-4-6-19(14-20)22-8-5-13-29-17-22)16-26(31-18)21-11-12-28-24(15-21)23-9-2-3-10-27(23)32-28/h2-17H,1H3. The molecule has 0 aliphatic carbocycles. The van der Waals surface area contributed by atoms with Crippen LogP contribution in [0.1, 0.15) is 5.82 Å². The van der Waals surface area contributed by atoms with Crippen LogP contribution in [0, 0.1) is 6.92 Å². The third-order valence-electron chi connectivity index (χ3n) is 5.66. The summed E-state index contributed by atoms with van der Waals surface area (Å²) in [5, 5.41) is 2.57. The molecular weight excluding hydrogens is 410 g/mol. The topological polar surface area (TPSA) is 38.7 Å². The van der Waals surface area contributed by atoms with Crippen LogP contribution in [0.5, 0.6) is 0 Å². The highest BCUT2D eigenvalue weighted by Gasteiger charge is 2.11. The van der Waals surface area contributed by atoms with Crippen LogP contribution in [0.2, 0.25) is 0 Å². The summed E-state index contributed by atoms with van der Waals surface area (Å²) in [7, 11) is 0. The molecule has 0 unspecified atom stereocenters. The van der Waals surface area contributed by atoms with Gasteiger partial charge >= 0.3 is 0 Å². The summed E-state index contributed by atoms with van der Waals surface area (Å²) < 4.78 is 2.61. The Morgan fingerprint density at radius 3 is 2.19 bits per heavy atom. The van der Waals surface area contributed by atoms with Gasteiger partial charge in [-0.25, -0.2) is 9.97 Å². The normalized spacial score (nSPS) is 11.3. The Balaban J connectivity index is 1.46. The van der Waals surface area contributed by atoms with Gasteiger partial charge in [0.05, 0.1) is 11.4 Å². The second-order valence-electron chi connectivity index (χ2n) is 7.82. The monoisotopic (exact) mass is 429 g/mol. The molecule has 0 atom stereocenters. The van der Waals surface area contributed by atoms with Crippen LogP contribution in [-0.4, -0.2) is 15.0 Å². The van der Waals surface area contributed by atoms with E-state index >= 15 is 0 Å². The Kier molecular flexibility index (Phi) is 4.51. The average molecular weight is 430 g/mol. The van der Waals surface area contributed by atoms with E-state index in [4.69, 9.17) is 9.97 Å². The molecule has 0 N–H and O–H groups in total. The van der Waals surface area contributed by atoms with Crippen molar-refractivity contribution in [1.29, 1.82) is 0 Å². The van der Waals surface area contributed by atoms with Crippen LogP contribution in [0.4, 0.5) is 0 Å². The number of aryl methyl sites for hydroxylation is 1. The van der Waals surface area contributed by atoms with Crippen molar-refractivity contribution in [1.82, 2.24) is 15.0 Å². The van der Waals surface area contributed by atoms with Crippen molar-refractivity contribution >= 4 is 31.5 Å². The molecule has 0 bridgehead atoms. The number of benzene rings is 3. The Morgan fingerprint density at radius 2 is 1.34 bits per heavy atom. The predicted octanol–water partition coefficient (Wildman–Crippen LogP) is 7.55. The minimum Gasteiger partial charge on any atom is -0.264 e. The van der Waals surface area contributed by atoms with E-state index in [0.29, 0.717) is 0 Å². The fraction of sp³-hybridized carbons (Fsp3) is 0.0357. The van der Waals surface area contributed by atoms with Crippen molar-refractivity contribution in [2.75, 3.05) is 0 Å². The number of pyridine rings is 1. The Bertz CT molecular complexity index is 1590. The largest absolute Gasteiger partial charge is 0.264 e. The Hall–Kier alpha value is -3.89. The lowest BCUT2D eigenvalue weighted by Crippen LogP contribution is -1.95. The number of fused-ring (bicyclic) bond motifs is 3. The molecule has 0 aliphatic rings. The minimum atomic E-state index is 0.763. The van der Waals surface area contributed by atoms with E-state index in [-0.39, 0.29) is 0 Å². The van der Waals surface area contributed by atoms with Gasteiger partial charge in [0, 0.05) is 49.3 Å². The molecule has 0 amide bonds. The molecule has 3 nitrogen and oxygen atoms in total. The van der Waals surface area contributed by atoms with Gasteiger partial charge in [0.1, 0.15) is 5.82 Å². The molecule has 0 spiro atoms. The van der Waals surface area contributed by atoms with Gasteiger partial charge in [-0.05, 0) is 48.9 Å². The van der Waals surface area contributed by atoms with Gasteiger partial charge in [-0.2, -0.15) is 0 Å². The fourth-order valence-corrected chi connectivity index (χ4v) is 5.23. The molecule has 3 aromatic heterocycles. The Morgan fingerprint density at radius 1 is 0.594 bits per heavy atom. The average Bonchev–Trinajstić information content (AvgIpc) is 3.22. The van der Waals surface area contributed by atoms with Crippen molar-refractivity contribution in [3.63, 3.8) is 0 Å². The lowest BCUT2D eigenvalue weighted by molar-refractivity contribution is 1.06. The molecule has 3 aromatic carbocycles. The van der Waals surface area contributed by atoms with Crippen LogP contribution in [0.3, 0.4) is 0 Å². The second kappa shape index (κ2) is 7.66. The number of thiophene rings is 1. The first-order chi connectivity index (χ1) is 15.7. The molecule has 3 heterocycles. The summed E-state index contributed by atoms with van der Waals surface area (Å²) in [6.45, 7) is 1.95. The quantitative estimate of drug-likeness (QED) is 0.291. The molecule has 0 aliphatic heterocycles. The molecular formula is C28H19N3S. The number of hydrogen-bond acceptors (Lipinski definition) is 4. The van der Waals surface area contributed by atoms with E-state index in [0.717, 1.165) is 39.5 Å². The van der Waals surface area contributed by atoms with Gasteiger partial charge in [-0.1, -0.05) is 48.5 Å². The number of nitrogens with zero attached hydrogens (tertiary/aromatic N) is 3. The zero-order valence-corrected chi connectivity index (χ0v) is 18.3. The molecule has 4 heteroatoms. The van der Waals surface area contributed by atoms with Crippen molar-refractivity contribution in [2.45, 2.75) is 6.92 Å². The highest BCUT2D eigenvalue weighted by Crippen LogP contribution is 2.36. The first-order valence-electron chi connectivity index (χ1n) is 10.5. The van der Waals surface area contributed by atoms with E-state index in [1.165, 1.54) is 20.2 Å². The number of hydrogen-bond donors (Lipinski definition) is 0. The van der Waals surface area contributed by atoms with Gasteiger partial charge in [-0.3, -0.25) is 4.98 Å².